The Labute approximate surface area is 122 Å². The van der Waals surface area contributed by atoms with E-state index in [4.69, 9.17) is 5.73 Å². The first kappa shape index (κ1) is 16.5. The molecule has 1 atom stereocenters. The van der Waals surface area contributed by atoms with Gasteiger partial charge < -0.3 is 11.1 Å². The van der Waals surface area contributed by atoms with Gasteiger partial charge in [0.05, 0.1) is 0 Å². The Hall–Kier alpha value is -1.51. The minimum absolute atomic E-state index is 0.141. The SMILES string of the molecule is CCCCC(CCC)NC(=O)CCc1ccccc1N. The maximum absolute atomic E-state index is 12.0. The highest BCUT2D eigenvalue weighted by Crippen LogP contribution is 2.13. The summed E-state index contributed by atoms with van der Waals surface area (Å²) in [6.45, 7) is 4.35. The molecule has 3 heteroatoms. The van der Waals surface area contributed by atoms with Crippen molar-refractivity contribution in [3.63, 3.8) is 0 Å². The average Bonchev–Trinajstić information content (AvgIpc) is 2.44. The number of amides is 1. The van der Waals surface area contributed by atoms with E-state index in [1.165, 1.54) is 12.8 Å². The van der Waals surface area contributed by atoms with E-state index in [2.05, 4.69) is 19.2 Å². The Kier molecular flexibility index (Phi) is 7.78. The molecule has 0 aliphatic carbocycles. The average molecular weight is 276 g/mol. The zero-order valence-electron chi connectivity index (χ0n) is 12.8. The van der Waals surface area contributed by atoms with Gasteiger partial charge >= 0.3 is 0 Å². The van der Waals surface area contributed by atoms with Crippen LogP contribution in [0.1, 0.15) is 57.9 Å². The summed E-state index contributed by atoms with van der Waals surface area (Å²) in [4.78, 5) is 12.0. The largest absolute Gasteiger partial charge is 0.399 e. The van der Waals surface area contributed by atoms with Crippen LogP contribution in [0.4, 0.5) is 5.69 Å². The topological polar surface area (TPSA) is 55.1 Å². The predicted molar refractivity (Wildman–Crippen MR) is 85.5 cm³/mol. The second-order valence-corrected chi connectivity index (χ2v) is 5.39. The third-order valence-electron chi connectivity index (χ3n) is 3.58. The summed E-state index contributed by atoms with van der Waals surface area (Å²) in [7, 11) is 0. The van der Waals surface area contributed by atoms with Crippen molar-refractivity contribution in [2.75, 3.05) is 5.73 Å². The van der Waals surface area contributed by atoms with Crippen LogP contribution in [0.2, 0.25) is 0 Å². The number of benzene rings is 1. The van der Waals surface area contributed by atoms with Crippen molar-refractivity contribution in [1.29, 1.82) is 0 Å². The lowest BCUT2D eigenvalue weighted by Gasteiger charge is -2.18. The van der Waals surface area contributed by atoms with E-state index in [0.717, 1.165) is 30.5 Å². The molecule has 1 rings (SSSR count). The predicted octanol–water partition coefficient (Wildman–Crippen LogP) is 3.68. The van der Waals surface area contributed by atoms with Crippen molar-refractivity contribution in [3.05, 3.63) is 29.8 Å². The van der Waals surface area contributed by atoms with Crippen molar-refractivity contribution in [2.45, 2.75) is 64.8 Å². The van der Waals surface area contributed by atoms with E-state index < -0.39 is 0 Å². The first-order valence-electron chi connectivity index (χ1n) is 7.80. The second kappa shape index (κ2) is 9.40. The van der Waals surface area contributed by atoms with E-state index in [-0.39, 0.29) is 5.91 Å². The summed E-state index contributed by atoms with van der Waals surface area (Å²) in [5, 5.41) is 3.16. The number of nitrogens with one attached hydrogen (secondary N) is 1. The lowest BCUT2D eigenvalue weighted by molar-refractivity contribution is -0.121. The Bertz CT molecular complexity index is 404. The number of carbonyl (C=O) groups excluding carboxylic acids is 1. The minimum atomic E-state index is 0.141. The molecule has 0 fully saturated rings. The van der Waals surface area contributed by atoms with Gasteiger partial charge in [-0.05, 0) is 30.9 Å². The summed E-state index contributed by atoms with van der Waals surface area (Å²) in [5.74, 6) is 0.141. The Morgan fingerprint density at radius 1 is 1.20 bits per heavy atom. The fourth-order valence-corrected chi connectivity index (χ4v) is 2.40. The van der Waals surface area contributed by atoms with E-state index in [1.54, 1.807) is 0 Å². The molecule has 0 bridgehead atoms. The van der Waals surface area contributed by atoms with Gasteiger partial charge in [0.25, 0.3) is 0 Å². The zero-order chi connectivity index (χ0) is 14.8. The smallest absolute Gasteiger partial charge is 0.220 e. The van der Waals surface area contributed by atoms with Crippen molar-refractivity contribution in [2.24, 2.45) is 0 Å². The van der Waals surface area contributed by atoms with E-state index in [1.807, 2.05) is 24.3 Å². The normalized spacial score (nSPS) is 12.1. The number of para-hydroxylation sites is 1. The van der Waals surface area contributed by atoms with Gasteiger partial charge in [-0.2, -0.15) is 0 Å². The minimum Gasteiger partial charge on any atom is -0.399 e. The maximum Gasteiger partial charge on any atom is 0.220 e. The molecule has 3 N–H and O–H groups in total. The summed E-state index contributed by atoms with van der Waals surface area (Å²) in [6.07, 6.45) is 6.85. The monoisotopic (exact) mass is 276 g/mol. The van der Waals surface area contributed by atoms with Crippen LogP contribution in [0.25, 0.3) is 0 Å². The zero-order valence-corrected chi connectivity index (χ0v) is 12.8. The standard InChI is InChI=1S/C17H28N2O/c1-3-5-10-15(8-4-2)19-17(20)13-12-14-9-6-7-11-16(14)18/h6-7,9,11,15H,3-5,8,10,12-13,18H2,1-2H3,(H,19,20). The number of aryl methyl sites for hydroxylation is 1. The van der Waals surface area contributed by atoms with Gasteiger partial charge in [-0.3, -0.25) is 4.79 Å². The van der Waals surface area contributed by atoms with Crippen LogP contribution in [0, 0.1) is 0 Å². The second-order valence-electron chi connectivity index (χ2n) is 5.39. The van der Waals surface area contributed by atoms with Gasteiger partial charge in [-0.25, -0.2) is 0 Å². The first-order chi connectivity index (χ1) is 9.67. The Morgan fingerprint density at radius 2 is 1.95 bits per heavy atom. The molecule has 112 valence electrons. The molecular weight excluding hydrogens is 248 g/mol. The molecule has 0 aliphatic heterocycles. The molecule has 3 nitrogen and oxygen atoms in total. The van der Waals surface area contributed by atoms with Gasteiger partial charge in [0.2, 0.25) is 5.91 Å². The van der Waals surface area contributed by atoms with Crippen LogP contribution >= 0.6 is 0 Å². The molecule has 0 saturated carbocycles. The molecule has 1 aromatic carbocycles. The summed E-state index contributed by atoms with van der Waals surface area (Å²) in [6, 6.07) is 8.09. The van der Waals surface area contributed by atoms with Gasteiger partial charge in [0.1, 0.15) is 0 Å². The van der Waals surface area contributed by atoms with Crippen molar-refractivity contribution < 1.29 is 4.79 Å². The molecule has 0 saturated heterocycles. The quantitative estimate of drug-likeness (QED) is 0.676. The Balaban J connectivity index is 2.39. The van der Waals surface area contributed by atoms with Crippen molar-refractivity contribution >= 4 is 11.6 Å². The molecule has 20 heavy (non-hydrogen) atoms. The third kappa shape index (κ3) is 6.09. The van der Waals surface area contributed by atoms with Crippen LogP contribution in [-0.2, 0) is 11.2 Å². The molecule has 0 radical (unpaired) electrons. The number of carbonyl (C=O) groups is 1. The van der Waals surface area contributed by atoms with E-state index in [0.29, 0.717) is 18.9 Å². The number of hydrogen-bond donors (Lipinski definition) is 2. The lowest BCUT2D eigenvalue weighted by atomic mass is 10.0. The van der Waals surface area contributed by atoms with Crippen LogP contribution in [-0.4, -0.2) is 11.9 Å². The molecule has 0 aliphatic rings. The molecule has 1 unspecified atom stereocenters. The number of unbranched alkanes of at least 4 members (excludes halogenated alkanes) is 1. The lowest BCUT2D eigenvalue weighted by Crippen LogP contribution is -2.34. The number of nitrogen functional groups attached to an aromatic ring is 1. The number of hydrogen-bond acceptors (Lipinski definition) is 2. The summed E-state index contributed by atoms with van der Waals surface area (Å²) in [5.41, 5.74) is 7.72. The van der Waals surface area contributed by atoms with Crippen LogP contribution in [0.5, 0.6) is 0 Å². The molecule has 0 heterocycles. The van der Waals surface area contributed by atoms with Gasteiger partial charge in [0, 0.05) is 18.2 Å². The summed E-state index contributed by atoms with van der Waals surface area (Å²) >= 11 is 0. The maximum atomic E-state index is 12.0. The molecular formula is C17H28N2O. The number of rotatable bonds is 9. The Morgan fingerprint density at radius 3 is 2.60 bits per heavy atom. The third-order valence-corrected chi connectivity index (χ3v) is 3.58. The highest BCUT2D eigenvalue weighted by Gasteiger charge is 2.11. The first-order valence-corrected chi connectivity index (χ1v) is 7.80. The number of anilines is 1. The summed E-state index contributed by atoms with van der Waals surface area (Å²) < 4.78 is 0. The van der Waals surface area contributed by atoms with E-state index in [9.17, 15) is 4.79 Å². The fraction of sp³-hybridized carbons (Fsp3) is 0.588. The van der Waals surface area contributed by atoms with Crippen molar-refractivity contribution in [1.82, 2.24) is 5.32 Å². The van der Waals surface area contributed by atoms with Gasteiger partial charge in [-0.15, -0.1) is 0 Å². The van der Waals surface area contributed by atoms with E-state index >= 15 is 0 Å². The molecule has 1 aromatic rings. The van der Waals surface area contributed by atoms with Gasteiger partial charge in [0.15, 0.2) is 0 Å². The van der Waals surface area contributed by atoms with Crippen molar-refractivity contribution in [3.8, 4) is 0 Å². The van der Waals surface area contributed by atoms with Crippen LogP contribution < -0.4 is 11.1 Å². The van der Waals surface area contributed by atoms with Gasteiger partial charge in [-0.1, -0.05) is 51.3 Å². The molecule has 0 aromatic heterocycles. The van der Waals surface area contributed by atoms with Crippen LogP contribution in [0.15, 0.2) is 24.3 Å². The molecule has 0 spiro atoms. The highest BCUT2D eigenvalue weighted by molar-refractivity contribution is 5.76. The molecule has 1 amide bonds. The number of nitrogens with two attached hydrogens (primary N) is 1. The highest BCUT2D eigenvalue weighted by atomic mass is 16.1. The fourth-order valence-electron chi connectivity index (χ4n) is 2.40. The van der Waals surface area contributed by atoms with Crippen LogP contribution in [0.3, 0.4) is 0 Å².